The second kappa shape index (κ2) is 13.8. The Morgan fingerprint density at radius 2 is 1.59 bits per heavy atom. The summed E-state index contributed by atoms with van der Waals surface area (Å²) in [6, 6.07) is 8.91. The van der Waals surface area contributed by atoms with Gasteiger partial charge in [-0.25, -0.2) is 0 Å². The van der Waals surface area contributed by atoms with Crippen molar-refractivity contribution in [3.8, 4) is 0 Å². The summed E-state index contributed by atoms with van der Waals surface area (Å²) in [6.45, 7) is 16.0. The topological polar surface area (TPSA) is 0 Å². The Hall–Kier alpha value is -1.30. The van der Waals surface area contributed by atoms with Crippen molar-refractivity contribution in [2.24, 2.45) is 11.8 Å². The van der Waals surface area contributed by atoms with Crippen LogP contribution in [0.5, 0.6) is 0 Å². The zero-order valence-electron chi connectivity index (χ0n) is 18.8. The molecule has 0 saturated carbocycles. The SMILES string of the molecule is C=C(C(/C=C(\C)c1cccc(C)c1)CCCCCCC)C(CCC)CCC. The number of rotatable bonds is 14. The highest BCUT2D eigenvalue weighted by atomic mass is 14.2. The van der Waals surface area contributed by atoms with Crippen LogP contribution in [0, 0.1) is 18.8 Å². The van der Waals surface area contributed by atoms with Crippen LogP contribution in [0.15, 0.2) is 42.5 Å². The van der Waals surface area contributed by atoms with Gasteiger partial charge in [0.05, 0.1) is 0 Å². The fraction of sp³-hybridized carbons (Fsp3) is 0.630. The molecule has 0 aliphatic rings. The first kappa shape index (κ1) is 23.7. The average molecular weight is 369 g/mol. The maximum absolute atomic E-state index is 4.63. The Bertz CT molecular complexity index is 557. The van der Waals surface area contributed by atoms with Gasteiger partial charge >= 0.3 is 0 Å². The van der Waals surface area contributed by atoms with Gasteiger partial charge in [-0.2, -0.15) is 0 Å². The Morgan fingerprint density at radius 3 is 2.19 bits per heavy atom. The molecule has 0 aliphatic heterocycles. The van der Waals surface area contributed by atoms with Crippen molar-refractivity contribution in [3.05, 3.63) is 53.6 Å². The number of hydrogen-bond acceptors (Lipinski definition) is 0. The minimum absolute atomic E-state index is 0.523. The van der Waals surface area contributed by atoms with E-state index in [0.717, 1.165) is 0 Å². The molecule has 27 heavy (non-hydrogen) atoms. The highest BCUT2D eigenvalue weighted by molar-refractivity contribution is 5.64. The van der Waals surface area contributed by atoms with E-state index in [2.05, 4.69) is 71.5 Å². The van der Waals surface area contributed by atoms with Crippen molar-refractivity contribution >= 4 is 5.57 Å². The molecule has 0 nitrogen and oxygen atoms in total. The van der Waals surface area contributed by atoms with E-state index in [1.807, 2.05) is 0 Å². The van der Waals surface area contributed by atoms with E-state index >= 15 is 0 Å². The van der Waals surface area contributed by atoms with Crippen LogP contribution >= 0.6 is 0 Å². The Kier molecular flexibility index (Phi) is 12.1. The molecule has 1 unspecified atom stereocenters. The summed E-state index contributed by atoms with van der Waals surface area (Å²) in [6.07, 6.45) is 15.6. The summed E-state index contributed by atoms with van der Waals surface area (Å²) >= 11 is 0. The fourth-order valence-corrected chi connectivity index (χ4v) is 4.15. The van der Waals surface area contributed by atoms with Crippen LogP contribution in [-0.4, -0.2) is 0 Å². The molecule has 0 aromatic heterocycles. The van der Waals surface area contributed by atoms with Crippen molar-refractivity contribution in [1.29, 1.82) is 0 Å². The summed E-state index contributed by atoms with van der Waals surface area (Å²) in [4.78, 5) is 0. The van der Waals surface area contributed by atoms with Gasteiger partial charge in [0, 0.05) is 0 Å². The molecule has 0 aliphatic carbocycles. The van der Waals surface area contributed by atoms with Crippen LogP contribution in [0.3, 0.4) is 0 Å². The van der Waals surface area contributed by atoms with Gasteiger partial charge in [0.1, 0.15) is 0 Å². The van der Waals surface area contributed by atoms with E-state index in [0.29, 0.717) is 11.8 Å². The summed E-state index contributed by atoms with van der Waals surface area (Å²) < 4.78 is 0. The highest BCUT2D eigenvalue weighted by Gasteiger charge is 2.19. The van der Waals surface area contributed by atoms with E-state index in [9.17, 15) is 0 Å². The van der Waals surface area contributed by atoms with E-state index in [-0.39, 0.29) is 0 Å². The quantitative estimate of drug-likeness (QED) is 0.227. The predicted molar refractivity (Wildman–Crippen MR) is 124 cm³/mol. The minimum atomic E-state index is 0.523. The zero-order valence-corrected chi connectivity index (χ0v) is 18.8. The smallest absolute Gasteiger partial charge is 0.00173 e. The molecular formula is C27H44. The van der Waals surface area contributed by atoms with E-state index in [4.69, 9.17) is 0 Å². The normalized spacial score (nSPS) is 13.2. The molecule has 0 amide bonds. The zero-order chi connectivity index (χ0) is 20.1. The van der Waals surface area contributed by atoms with Crippen molar-refractivity contribution in [2.75, 3.05) is 0 Å². The summed E-state index contributed by atoms with van der Waals surface area (Å²) in [7, 11) is 0. The Balaban J connectivity index is 2.94. The lowest BCUT2D eigenvalue weighted by atomic mass is 9.80. The number of benzene rings is 1. The molecule has 0 N–H and O–H groups in total. The van der Waals surface area contributed by atoms with Gasteiger partial charge in [0.15, 0.2) is 0 Å². The standard InChI is InChI=1S/C27H44/c1-7-10-11-12-13-18-27(24(6)25(15-8-2)16-9-3)21-23(5)26-19-14-17-22(4)20-26/h14,17,19-21,25,27H,6-13,15-16,18H2,1-5H3/b23-21+. The lowest BCUT2D eigenvalue weighted by Crippen LogP contribution is -2.12. The van der Waals surface area contributed by atoms with Gasteiger partial charge < -0.3 is 0 Å². The average Bonchev–Trinajstić information content (AvgIpc) is 2.66. The van der Waals surface area contributed by atoms with Crippen molar-refractivity contribution < 1.29 is 0 Å². The molecule has 1 rings (SSSR count). The maximum atomic E-state index is 4.63. The number of aryl methyl sites for hydroxylation is 1. The third-order valence-corrected chi connectivity index (χ3v) is 5.82. The first-order valence-electron chi connectivity index (χ1n) is 11.5. The van der Waals surface area contributed by atoms with Crippen molar-refractivity contribution in [1.82, 2.24) is 0 Å². The van der Waals surface area contributed by atoms with Crippen LogP contribution in [0.4, 0.5) is 0 Å². The van der Waals surface area contributed by atoms with Crippen molar-refractivity contribution in [2.45, 2.75) is 98.8 Å². The third-order valence-electron chi connectivity index (χ3n) is 5.82. The van der Waals surface area contributed by atoms with Gasteiger partial charge in [-0.3, -0.25) is 0 Å². The monoisotopic (exact) mass is 368 g/mol. The minimum Gasteiger partial charge on any atom is -0.0990 e. The molecule has 0 bridgehead atoms. The second-order valence-corrected chi connectivity index (χ2v) is 8.38. The fourth-order valence-electron chi connectivity index (χ4n) is 4.15. The number of hydrogen-bond donors (Lipinski definition) is 0. The Morgan fingerprint density at radius 1 is 0.926 bits per heavy atom. The summed E-state index contributed by atoms with van der Waals surface area (Å²) in [5.74, 6) is 1.21. The molecule has 0 radical (unpaired) electrons. The number of unbranched alkanes of at least 4 members (excludes halogenated alkanes) is 4. The molecule has 1 atom stereocenters. The van der Waals surface area contributed by atoms with E-state index in [1.165, 1.54) is 86.5 Å². The lowest BCUT2D eigenvalue weighted by molar-refractivity contribution is 0.449. The molecule has 1 aromatic rings. The second-order valence-electron chi connectivity index (χ2n) is 8.38. The van der Waals surface area contributed by atoms with Gasteiger partial charge in [-0.1, -0.05) is 114 Å². The highest BCUT2D eigenvalue weighted by Crippen LogP contribution is 2.33. The van der Waals surface area contributed by atoms with Gasteiger partial charge in [0.2, 0.25) is 0 Å². The van der Waals surface area contributed by atoms with Gasteiger partial charge in [-0.05, 0) is 56.1 Å². The molecule has 0 spiro atoms. The lowest BCUT2D eigenvalue weighted by Gasteiger charge is -2.25. The van der Waals surface area contributed by atoms with Crippen LogP contribution in [0.25, 0.3) is 5.57 Å². The van der Waals surface area contributed by atoms with Gasteiger partial charge in [-0.15, -0.1) is 0 Å². The van der Waals surface area contributed by atoms with E-state index < -0.39 is 0 Å². The van der Waals surface area contributed by atoms with Gasteiger partial charge in [0.25, 0.3) is 0 Å². The number of allylic oxidation sites excluding steroid dienone is 3. The molecule has 152 valence electrons. The van der Waals surface area contributed by atoms with Crippen LogP contribution < -0.4 is 0 Å². The first-order valence-corrected chi connectivity index (χ1v) is 11.5. The molecule has 0 heterocycles. The summed E-state index contributed by atoms with van der Waals surface area (Å²) in [5.41, 5.74) is 5.60. The van der Waals surface area contributed by atoms with E-state index in [1.54, 1.807) is 0 Å². The third kappa shape index (κ3) is 8.96. The van der Waals surface area contributed by atoms with Crippen molar-refractivity contribution in [3.63, 3.8) is 0 Å². The first-order chi connectivity index (χ1) is 13.0. The van der Waals surface area contributed by atoms with Crippen LogP contribution in [0.2, 0.25) is 0 Å². The molecule has 0 fully saturated rings. The predicted octanol–water partition coefficient (Wildman–Crippen LogP) is 9.15. The summed E-state index contributed by atoms with van der Waals surface area (Å²) in [5, 5.41) is 0. The maximum Gasteiger partial charge on any atom is -0.00173 e. The molecule has 0 saturated heterocycles. The largest absolute Gasteiger partial charge is 0.0990 e. The Labute approximate surface area is 170 Å². The molecule has 0 heteroatoms. The van der Waals surface area contributed by atoms with Crippen LogP contribution in [0.1, 0.15) is 103 Å². The molecule has 1 aromatic carbocycles. The van der Waals surface area contributed by atoms with Crippen LogP contribution in [-0.2, 0) is 0 Å². The molecular weight excluding hydrogens is 324 g/mol.